The molecule has 1 aromatic rings. The second-order valence-corrected chi connectivity index (χ2v) is 4.18. The van der Waals surface area contributed by atoms with Gasteiger partial charge in [-0.3, -0.25) is 4.79 Å². The van der Waals surface area contributed by atoms with Crippen molar-refractivity contribution < 1.29 is 14.7 Å². The molecule has 3 nitrogen and oxygen atoms in total. The van der Waals surface area contributed by atoms with Crippen LogP contribution < -0.4 is 0 Å². The normalized spacial score (nSPS) is 9.93. The van der Waals surface area contributed by atoms with Crippen molar-refractivity contribution in [2.45, 2.75) is 12.7 Å². The van der Waals surface area contributed by atoms with E-state index in [1.54, 1.807) is 31.2 Å². The number of hydrogen-bond donors (Lipinski definition) is 1. The fraction of sp³-hybridized carbons (Fsp3) is 0.273. The maximum atomic E-state index is 10.7. The first-order valence-corrected chi connectivity index (χ1v) is 5.64. The standard InChI is InChI=1S/C11H12O3S/c1-8(12)6-15-7-9-2-4-10(5-3-9)11(13)14/h2-5H,6-7H2,1H3,(H,13,14). The lowest BCUT2D eigenvalue weighted by Gasteiger charge is -2.00. The molecule has 0 heterocycles. The van der Waals surface area contributed by atoms with Crippen LogP contribution in [0.4, 0.5) is 0 Å². The van der Waals surface area contributed by atoms with Crippen LogP contribution in [0.5, 0.6) is 0 Å². The topological polar surface area (TPSA) is 54.4 Å². The van der Waals surface area contributed by atoms with Gasteiger partial charge in [0.1, 0.15) is 5.78 Å². The molecule has 0 atom stereocenters. The highest BCUT2D eigenvalue weighted by Gasteiger charge is 2.01. The number of ketones is 1. The number of carboxylic acid groups (broad SMARTS) is 1. The Morgan fingerprint density at radius 3 is 2.33 bits per heavy atom. The molecule has 0 amide bonds. The van der Waals surface area contributed by atoms with Crippen LogP contribution in [0, 0.1) is 0 Å². The van der Waals surface area contributed by atoms with Gasteiger partial charge in [-0.2, -0.15) is 0 Å². The maximum absolute atomic E-state index is 10.7. The van der Waals surface area contributed by atoms with E-state index >= 15 is 0 Å². The Morgan fingerprint density at radius 2 is 1.87 bits per heavy atom. The van der Waals surface area contributed by atoms with Gasteiger partial charge < -0.3 is 5.11 Å². The lowest BCUT2D eigenvalue weighted by Crippen LogP contribution is -1.96. The average Bonchev–Trinajstić information content (AvgIpc) is 2.18. The van der Waals surface area contributed by atoms with Gasteiger partial charge in [0.05, 0.1) is 11.3 Å². The molecule has 0 spiro atoms. The number of carbonyl (C=O) groups excluding carboxylic acids is 1. The van der Waals surface area contributed by atoms with Crippen molar-refractivity contribution in [2.75, 3.05) is 5.75 Å². The summed E-state index contributed by atoms with van der Waals surface area (Å²) in [5.74, 6) is 0.472. The molecule has 0 saturated carbocycles. The smallest absolute Gasteiger partial charge is 0.335 e. The van der Waals surface area contributed by atoms with E-state index in [4.69, 9.17) is 5.11 Å². The largest absolute Gasteiger partial charge is 0.478 e. The first-order chi connectivity index (χ1) is 7.09. The summed E-state index contributed by atoms with van der Waals surface area (Å²) in [6.07, 6.45) is 0. The molecular weight excluding hydrogens is 212 g/mol. The van der Waals surface area contributed by atoms with Gasteiger partial charge in [-0.25, -0.2) is 4.79 Å². The second kappa shape index (κ2) is 5.56. The van der Waals surface area contributed by atoms with Gasteiger partial charge in [0.15, 0.2) is 0 Å². The van der Waals surface area contributed by atoms with E-state index < -0.39 is 5.97 Å². The van der Waals surface area contributed by atoms with Gasteiger partial charge in [-0.05, 0) is 24.6 Å². The highest BCUT2D eigenvalue weighted by molar-refractivity contribution is 7.99. The predicted octanol–water partition coefficient (Wildman–Crippen LogP) is 2.21. The van der Waals surface area contributed by atoms with Gasteiger partial charge in [-0.1, -0.05) is 12.1 Å². The first-order valence-electron chi connectivity index (χ1n) is 4.49. The lowest BCUT2D eigenvalue weighted by molar-refractivity contribution is -0.114. The minimum atomic E-state index is -0.919. The summed E-state index contributed by atoms with van der Waals surface area (Å²) in [5.41, 5.74) is 1.32. The van der Waals surface area contributed by atoms with Crippen LogP contribution in [-0.2, 0) is 10.5 Å². The highest BCUT2D eigenvalue weighted by Crippen LogP contribution is 2.13. The monoisotopic (exact) mass is 224 g/mol. The molecule has 1 rings (SSSR count). The molecule has 0 saturated heterocycles. The van der Waals surface area contributed by atoms with Crippen molar-refractivity contribution in [1.82, 2.24) is 0 Å². The van der Waals surface area contributed by atoms with Crippen molar-refractivity contribution in [3.63, 3.8) is 0 Å². The Bertz CT molecular complexity index is 357. The molecule has 4 heteroatoms. The third kappa shape index (κ3) is 4.16. The number of Topliss-reactive ketones (excluding diaryl/α,β-unsaturated/α-hetero) is 1. The Balaban J connectivity index is 2.50. The third-order valence-corrected chi connectivity index (χ3v) is 2.92. The zero-order valence-corrected chi connectivity index (χ0v) is 9.21. The molecule has 0 radical (unpaired) electrons. The second-order valence-electron chi connectivity index (χ2n) is 3.20. The first kappa shape index (κ1) is 11.8. The molecule has 0 unspecified atom stereocenters. The SMILES string of the molecule is CC(=O)CSCc1ccc(C(=O)O)cc1. The van der Waals surface area contributed by atoms with E-state index in [2.05, 4.69) is 0 Å². The number of carboxylic acids is 1. The summed E-state index contributed by atoms with van der Waals surface area (Å²) < 4.78 is 0. The van der Waals surface area contributed by atoms with Gasteiger partial charge in [-0.15, -0.1) is 11.8 Å². The Morgan fingerprint density at radius 1 is 1.27 bits per heavy atom. The Labute approximate surface area is 92.5 Å². The van der Waals surface area contributed by atoms with Gasteiger partial charge in [0.2, 0.25) is 0 Å². The van der Waals surface area contributed by atoms with E-state index in [-0.39, 0.29) is 11.3 Å². The molecular formula is C11H12O3S. The van der Waals surface area contributed by atoms with Crippen molar-refractivity contribution in [1.29, 1.82) is 0 Å². The van der Waals surface area contributed by atoms with Crippen LogP contribution >= 0.6 is 11.8 Å². The summed E-state index contributed by atoms with van der Waals surface area (Å²) in [6, 6.07) is 6.70. The fourth-order valence-electron chi connectivity index (χ4n) is 1.06. The molecule has 0 aromatic heterocycles. The highest BCUT2D eigenvalue weighted by atomic mass is 32.2. The van der Waals surface area contributed by atoms with Crippen molar-refractivity contribution >= 4 is 23.5 Å². The quantitative estimate of drug-likeness (QED) is 0.833. The third-order valence-electron chi connectivity index (χ3n) is 1.77. The number of carbonyl (C=O) groups is 2. The number of benzene rings is 1. The molecule has 0 fully saturated rings. The fourth-order valence-corrected chi connectivity index (χ4v) is 1.87. The number of thioether (sulfide) groups is 1. The number of aromatic carboxylic acids is 1. The van der Waals surface area contributed by atoms with Gasteiger partial charge >= 0.3 is 5.97 Å². The number of rotatable bonds is 5. The molecule has 1 N–H and O–H groups in total. The van der Waals surface area contributed by atoms with Gasteiger partial charge in [0.25, 0.3) is 0 Å². The Kier molecular flexibility index (Phi) is 4.37. The lowest BCUT2D eigenvalue weighted by atomic mass is 10.1. The van der Waals surface area contributed by atoms with Crippen LogP contribution in [0.3, 0.4) is 0 Å². The van der Waals surface area contributed by atoms with E-state index in [1.165, 1.54) is 11.8 Å². The minimum absolute atomic E-state index is 0.155. The summed E-state index contributed by atoms with van der Waals surface area (Å²) >= 11 is 1.53. The average molecular weight is 224 g/mol. The minimum Gasteiger partial charge on any atom is -0.478 e. The Hall–Kier alpha value is -1.29. The van der Waals surface area contributed by atoms with E-state index in [0.29, 0.717) is 5.75 Å². The zero-order valence-electron chi connectivity index (χ0n) is 8.40. The molecule has 0 aliphatic rings. The molecule has 80 valence electrons. The molecule has 15 heavy (non-hydrogen) atoms. The van der Waals surface area contributed by atoms with Crippen molar-refractivity contribution in [2.24, 2.45) is 0 Å². The van der Waals surface area contributed by atoms with Crippen molar-refractivity contribution in [3.05, 3.63) is 35.4 Å². The van der Waals surface area contributed by atoms with E-state index in [9.17, 15) is 9.59 Å². The summed E-state index contributed by atoms with van der Waals surface area (Å²) in [6.45, 7) is 1.56. The van der Waals surface area contributed by atoms with Gasteiger partial charge in [0, 0.05) is 5.75 Å². The van der Waals surface area contributed by atoms with E-state index in [1.807, 2.05) is 0 Å². The van der Waals surface area contributed by atoms with Crippen molar-refractivity contribution in [3.8, 4) is 0 Å². The molecule has 0 bridgehead atoms. The predicted molar refractivity (Wildman–Crippen MR) is 60.2 cm³/mol. The van der Waals surface area contributed by atoms with Crippen LogP contribution in [0.15, 0.2) is 24.3 Å². The molecule has 0 aliphatic heterocycles. The van der Waals surface area contributed by atoms with Crippen LogP contribution in [-0.4, -0.2) is 22.6 Å². The molecule has 1 aromatic carbocycles. The number of hydrogen-bond acceptors (Lipinski definition) is 3. The summed E-state index contributed by atoms with van der Waals surface area (Å²) in [7, 11) is 0. The summed E-state index contributed by atoms with van der Waals surface area (Å²) in [4.78, 5) is 21.2. The van der Waals surface area contributed by atoms with E-state index in [0.717, 1.165) is 11.3 Å². The van der Waals surface area contributed by atoms with Crippen LogP contribution in [0.1, 0.15) is 22.8 Å². The van der Waals surface area contributed by atoms with Crippen LogP contribution in [0.2, 0.25) is 0 Å². The zero-order chi connectivity index (χ0) is 11.3. The maximum Gasteiger partial charge on any atom is 0.335 e. The summed E-state index contributed by atoms with van der Waals surface area (Å²) in [5, 5.41) is 8.67. The molecule has 0 aliphatic carbocycles. The van der Waals surface area contributed by atoms with Crippen LogP contribution in [0.25, 0.3) is 0 Å².